The monoisotopic (exact) mass is 649 g/mol. The van der Waals surface area contributed by atoms with Gasteiger partial charge in [0.25, 0.3) is 5.91 Å². The van der Waals surface area contributed by atoms with Gasteiger partial charge >= 0.3 is 12.1 Å². The molecule has 4 rings (SSSR count). The van der Waals surface area contributed by atoms with Crippen LogP contribution in [0, 0.1) is 23.2 Å². The van der Waals surface area contributed by atoms with Crippen molar-refractivity contribution in [2.24, 2.45) is 23.2 Å². The first-order valence-electron chi connectivity index (χ1n) is 16.5. The number of amides is 3. The Balaban J connectivity index is 1.48. The number of benzene rings is 1. The molecule has 1 saturated carbocycles. The van der Waals surface area contributed by atoms with Crippen molar-refractivity contribution in [3.8, 4) is 0 Å². The molecule has 4 atom stereocenters. The molecule has 0 spiro atoms. The summed E-state index contributed by atoms with van der Waals surface area (Å²) in [6, 6.07) is 7.73. The Hall–Kier alpha value is -4.35. The van der Waals surface area contributed by atoms with E-state index in [-0.39, 0.29) is 50.1 Å². The van der Waals surface area contributed by atoms with Gasteiger partial charge in [0.15, 0.2) is 5.78 Å². The van der Waals surface area contributed by atoms with E-state index in [2.05, 4.69) is 20.6 Å². The van der Waals surface area contributed by atoms with Gasteiger partial charge in [-0.2, -0.15) is 0 Å². The first kappa shape index (κ1) is 35.5. The third-order valence-corrected chi connectivity index (χ3v) is 9.02. The van der Waals surface area contributed by atoms with E-state index in [1.165, 1.54) is 23.5 Å². The molecule has 2 N–H and O–H groups in total. The molecule has 1 aromatic heterocycles. The number of nitrogens with one attached hydrogen (secondary N) is 2. The summed E-state index contributed by atoms with van der Waals surface area (Å²) in [7, 11) is 0. The summed E-state index contributed by atoms with van der Waals surface area (Å²) in [5.74, 6) is -3.29. The maximum absolute atomic E-state index is 14.0. The van der Waals surface area contributed by atoms with Gasteiger partial charge in [-0.25, -0.2) is 9.78 Å². The highest BCUT2D eigenvalue weighted by atomic mass is 16.6. The molecule has 1 aliphatic carbocycles. The third kappa shape index (κ3) is 9.82. The predicted octanol–water partition coefficient (Wildman–Crippen LogP) is 4.09. The second-order valence-electron chi connectivity index (χ2n) is 13.4. The lowest BCUT2D eigenvalue weighted by Gasteiger charge is -2.34. The fourth-order valence-electron chi connectivity index (χ4n) is 6.36. The Labute approximate surface area is 276 Å². The van der Waals surface area contributed by atoms with Gasteiger partial charge in [0.05, 0.1) is 30.8 Å². The number of hydrogen-bond donors (Lipinski definition) is 2. The van der Waals surface area contributed by atoms with E-state index in [1.807, 2.05) is 51.1 Å². The second-order valence-corrected chi connectivity index (χ2v) is 13.4. The van der Waals surface area contributed by atoms with Gasteiger partial charge in [0.1, 0.15) is 12.3 Å². The average Bonchev–Trinajstić information content (AvgIpc) is 3.49. The molecule has 1 aliphatic heterocycles. The molecule has 0 radical (unpaired) electrons. The number of carbonyl (C=O) groups is 5. The molecule has 12 heteroatoms. The molecule has 0 bridgehead atoms. The van der Waals surface area contributed by atoms with E-state index in [9.17, 15) is 24.0 Å². The SMILES string of the molecule is CCOC(=O)[C@@H]1CN(C(=O)OCc2ccccc2)CC1NC(=O)C(CC(=O)[C@@H](NC(=O)c1cnccn1)C1CCCCC1)C(C)(C)C. The Morgan fingerprint density at radius 1 is 0.979 bits per heavy atom. The van der Waals surface area contributed by atoms with Gasteiger partial charge in [0.2, 0.25) is 5.91 Å². The number of ether oxygens (including phenoxy) is 2. The highest BCUT2D eigenvalue weighted by Crippen LogP contribution is 2.33. The lowest BCUT2D eigenvalue weighted by molar-refractivity contribution is -0.148. The first-order chi connectivity index (χ1) is 22.5. The van der Waals surface area contributed by atoms with Crippen molar-refractivity contribution in [3.05, 3.63) is 60.2 Å². The van der Waals surface area contributed by atoms with E-state index < -0.39 is 53.2 Å². The van der Waals surface area contributed by atoms with Crippen LogP contribution in [0.1, 0.15) is 82.3 Å². The standard InChI is InChI=1S/C35H47N5O7/c1-5-46-33(44)25-20-40(34(45)47-22-23-12-8-6-9-13-23)21-28(25)38-31(42)26(35(2,3)4)18-29(41)30(24-14-10-7-11-15-24)39-32(43)27-19-36-16-17-37-27/h6,8-9,12-13,16-17,19,24-26,28,30H,5,7,10-11,14-15,18,20-22H2,1-4H3,(H,38,42)(H,39,43)/t25-,26?,28?,30+/m1/s1. The Morgan fingerprint density at radius 3 is 2.34 bits per heavy atom. The van der Waals surface area contributed by atoms with Crippen LogP contribution in [0.5, 0.6) is 0 Å². The van der Waals surface area contributed by atoms with Gasteiger partial charge in [-0.3, -0.25) is 24.2 Å². The zero-order valence-electron chi connectivity index (χ0n) is 27.8. The summed E-state index contributed by atoms with van der Waals surface area (Å²) < 4.78 is 10.8. The molecule has 1 saturated heterocycles. The van der Waals surface area contributed by atoms with Gasteiger partial charge in [0, 0.05) is 37.8 Å². The minimum absolute atomic E-state index is 0.0225. The predicted molar refractivity (Wildman–Crippen MR) is 173 cm³/mol. The summed E-state index contributed by atoms with van der Waals surface area (Å²) in [5.41, 5.74) is 0.297. The van der Waals surface area contributed by atoms with Crippen molar-refractivity contribution in [2.75, 3.05) is 19.7 Å². The summed E-state index contributed by atoms with van der Waals surface area (Å²) >= 11 is 0. The molecular formula is C35H47N5O7. The molecule has 2 aromatic rings. The summed E-state index contributed by atoms with van der Waals surface area (Å²) in [5, 5.41) is 5.88. The quantitative estimate of drug-likeness (QED) is 0.323. The molecule has 254 valence electrons. The summed E-state index contributed by atoms with van der Waals surface area (Å²) in [6.07, 6.45) is 8.10. The zero-order chi connectivity index (χ0) is 34.0. The number of ketones is 1. The minimum atomic E-state index is -0.805. The summed E-state index contributed by atoms with van der Waals surface area (Å²) in [6.45, 7) is 7.62. The van der Waals surface area contributed by atoms with Crippen LogP contribution in [0.25, 0.3) is 0 Å². The van der Waals surface area contributed by atoms with E-state index in [0.717, 1.165) is 37.7 Å². The maximum Gasteiger partial charge on any atom is 0.410 e. The van der Waals surface area contributed by atoms with Crippen molar-refractivity contribution >= 4 is 29.7 Å². The van der Waals surface area contributed by atoms with E-state index in [0.29, 0.717) is 0 Å². The molecule has 2 fully saturated rings. The zero-order valence-corrected chi connectivity index (χ0v) is 27.8. The number of aromatic nitrogens is 2. The topological polar surface area (TPSA) is 157 Å². The number of rotatable bonds is 12. The van der Waals surface area contributed by atoms with Crippen molar-refractivity contribution in [3.63, 3.8) is 0 Å². The molecular weight excluding hydrogens is 602 g/mol. The van der Waals surface area contributed by atoms with Gasteiger partial charge in [-0.05, 0) is 36.7 Å². The Morgan fingerprint density at radius 2 is 1.70 bits per heavy atom. The minimum Gasteiger partial charge on any atom is -0.466 e. The lowest BCUT2D eigenvalue weighted by atomic mass is 9.74. The number of likely N-dealkylation sites (tertiary alicyclic amines) is 1. The average molecular weight is 650 g/mol. The van der Waals surface area contributed by atoms with E-state index in [4.69, 9.17) is 9.47 Å². The number of esters is 1. The van der Waals surface area contributed by atoms with Crippen LogP contribution in [0.4, 0.5) is 4.79 Å². The number of nitrogens with zero attached hydrogens (tertiary/aromatic N) is 3. The maximum atomic E-state index is 14.0. The highest BCUT2D eigenvalue weighted by Gasteiger charge is 2.45. The summed E-state index contributed by atoms with van der Waals surface area (Å²) in [4.78, 5) is 76.5. The van der Waals surface area contributed by atoms with E-state index >= 15 is 0 Å². The molecule has 12 nitrogen and oxygen atoms in total. The fraction of sp³-hybridized carbons (Fsp3) is 0.571. The van der Waals surface area contributed by atoms with Crippen molar-refractivity contribution in [1.82, 2.24) is 25.5 Å². The molecule has 3 amide bonds. The molecule has 47 heavy (non-hydrogen) atoms. The van der Waals surface area contributed by atoms with Gasteiger partial charge in [-0.1, -0.05) is 70.4 Å². The molecule has 2 heterocycles. The van der Waals surface area contributed by atoms with Crippen molar-refractivity contribution in [2.45, 2.75) is 84.9 Å². The van der Waals surface area contributed by atoms with Crippen LogP contribution in [-0.4, -0.2) is 76.3 Å². The van der Waals surface area contributed by atoms with Gasteiger partial charge in [-0.15, -0.1) is 0 Å². The number of Topliss-reactive ketones (excluding diaryl/α,β-unsaturated/α-hetero) is 1. The smallest absolute Gasteiger partial charge is 0.410 e. The fourth-order valence-corrected chi connectivity index (χ4v) is 6.36. The Kier molecular flexibility index (Phi) is 12.4. The van der Waals surface area contributed by atoms with Crippen LogP contribution in [0.3, 0.4) is 0 Å². The number of hydrogen-bond acceptors (Lipinski definition) is 9. The lowest BCUT2D eigenvalue weighted by Crippen LogP contribution is -2.51. The Bertz CT molecular complexity index is 1380. The highest BCUT2D eigenvalue weighted by molar-refractivity contribution is 5.97. The van der Waals surface area contributed by atoms with Crippen LogP contribution < -0.4 is 10.6 Å². The van der Waals surface area contributed by atoms with Crippen LogP contribution in [0.15, 0.2) is 48.9 Å². The van der Waals surface area contributed by atoms with E-state index in [1.54, 1.807) is 6.92 Å². The van der Waals surface area contributed by atoms with Crippen LogP contribution >= 0.6 is 0 Å². The van der Waals surface area contributed by atoms with Crippen molar-refractivity contribution < 1.29 is 33.4 Å². The van der Waals surface area contributed by atoms with Gasteiger partial charge < -0.3 is 25.0 Å². The molecule has 2 aliphatic rings. The van der Waals surface area contributed by atoms with Crippen molar-refractivity contribution in [1.29, 1.82) is 0 Å². The first-order valence-corrected chi connectivity index (χ1v) is 16.5. The normalized spacial score (nSPS) is 19.7. The number of carbonyl (C=O) groups excluding carboxylic acids is 5. The largest absolute Gasteiger partial charge is 0.466 e. The second kappa shape index (κ2) is 16.5. The molecule has 1 aromatic carbocycles. The molecule has 2 unspecified atom stereocenters. The third-order valence-electron chi connectivity index (χ3n) is 9.02. The van der Waals surface area contributed by atoms with Crippen LogP contribution in [0.2, 0.25) is 0 Å². The van der Waals surface area contributed by atoms with Crippen LogP contribution in [-0.2, 0) is 30.5 Å².